The minimum atomic E-state index is -0.302. The van der Waals surface area contributed by atoms with Crippen molar-refractivity contribution in [2.24, 2.45) is 4.99 Å². The lowest BCUT2D eigenvalue weighted by Gasteiger charge is -2.20. The van der Waals surface area contributed by atoms with Gasteiger partial charge in [-0.2, -0.15) is 0 Å². The molecule has 30 heavy (non-hydrogen) atoms. The van der Waals surface area contributed by atoms with Crippen LogP contribution in [0, 0.1) is 5.82 Å². The number of hydrogen-bond acceptors (Lipinski definition) is 3. The van der Waals surface area contributed by atoms with Gasteiger partial charge in [0.15, 0.2) is 5.96 Å². The zero-order chi connectivity index (χ0) is 21.2. The number of benzene rings is 2. The minimum absolute atomic E-state index is 0.0900. The summed E-state index contributed by atoms with van der Waals surface area (Å²) in [4.78, 5) is 8.33. The van der Waals surface area contributed by atoms with E-state index < -0.39 is 0 Å². The summed E-state index contributed by atoms with van der Waals surface area (Å²) < 4.78 is 21.2. The third kappa shape index (κ3) is 6.62. The normalized spacial score (nSPS) is 12.4. The maximum atomic E-state index is 13.3. The number of ether oxygens (including phenoxy) is 1. The molecule has 1 unspecified atom stereocenters. The maximum absolute atomic E-state index is 13.3. The molecule has 1 atom stereocenters. The van der Waals surface area contributed by atoms with Gasteiger partial charge in [-0.15, -0.1) is 0 Å². The molecule has 7 heteroatoms. The topological polar surface area (TPSA) is 63.5 Å². The second-order valence-electron chi connectivity index (χ2n) is 6.96. The molecule has 0 spiro atoms. The highest BCUT2D eigenvalue weighted by Gasteiger charge is 2.10. The van der Waals surface area contributed by atoms with E-state index in [1.165, 1.54) is 17.7 Å². The summed E-state index contributed by atoms with van der Waals surface area (Å²) in [7, 11) is 1.73. The summed E-state index contributed by atoms with van der Waals surface area (Å²) in [5.74, 6) is 0.921. The molecule has 0 aliphatic carbocycles. The van der Waals surface area contributed by atoms with Gasteiger partial charge in [0.25, 0.3) is 0 Å². The highest BCUT2D eigenvalue weighted by atomic mass is 19.1. The van der Waals surface area contributed by atoms with Crippen LogP contribution in [0.15, 0.2) is 72.2 Å². The van der Waals surface area contributed by atoms with E-state index in [1.54, 1.807) is 25.4 Å². The smallest absolute Gasteiger partial charge is 0.191 e. The lowest BCUT2D eigenvalue weighted by Crippen LogP contribution is -2.42. The summed E-state index contributed by atoms with van der Waals surface area (Å²) in [5, 5.41) is 6.59. The minimum Gasteiger partial charge on any atom is -0.489 e. The number of aliphatic imine (C=N–C) groups is 1. The van der Waals surface area contributed by atoms with Crippen LogP contribution in [-0.4, -0.2) is 35.2 Å². The Morgan fingerprint density at radius 1 is 1.17 bits per heavy atom. The van der Waals surface area contributed by atoms with Crippen LogP contribution in [0.4, 0.5) is 4.39 Å². The molecule has 0 saturated carbocycles. The lowest BCUT2D eigenvalue weighted by molar-refractivity contribution is 0.199. The number of halogens is 1. The summed E-state index contributed by atoms with van der Waals surface area (Å²) in [6, 6.07) is 14.7. The van der Waals surface area contributed by atoms with Crippen molar-refractivity contribution in [2.75, 3.05) is 13.6 Å². The zero-order valence-electron chi connectivity index (χ0n) is 17.4. The summed E-state index contributed by atoms with van der Waals surface area (Å²) in [6.07, 6.45) is 6.24. The fraction of sp³-hybridized carbons (Fsp3) is 0.304. The van der Waals surface area contributed by atoms with Crippen LogP contribution in [0.2, 0.25) is 0 Å². The van der Waals surface area contributed by atoms with Crippen LogP contribution in [-0.2, 0) is 13.1 Å². The van der Waals surface area contributed by atoms with Gasteiger partial charge in [-0.1, -0.05) is 37.3 Å². The second kappa shape index (κ2) is 11.0. The van der Waals surface area contributed by atoms with Crippen molar-refractivity contribution in [1.82, 2.24) is 20.2 Å². The van der Waals surface area contributed by atoms with Crippen LogP contribution in [0.5, 0.6) is 5.75 Å². The molecule has 0 bridgehead atoms. The lowest BCUT2D eigenvalue weighted by atomic mass is 10.1. The molecule has 3 rings (SSSR count). The van der Waals surface area contributed by atoms with Gasteiger partial charge in [0.1, 0.15) is 17.7 Å². The van der Waals surface area contributed by atoms with Gasteiger partial charge in [0, 0.05) is 38.6 Å². The molecule has 0 saturated heterocycles. The Labute approximate surface area is 176 Å². The third-order valence-corrected chi connectivity index (χ3v) is 4.68. The number of rotatable bonds is 9. The van der Waals surface area contributed by atoms with Crippen LogP contribution in [0.25, 0.3) is 0 Å². The molecular formula is C23H28FN5O. The first-order valence-electron chi connectivity index (χ1n) is 10.1. The van der Waals surface area contributed by atoms with Crippen LogP contribution in [0.3, 0.4) is 0 Å². The third-order valence-electron chi connectivity index (χ3n) is 4.68. The van der Waals surface area contributed by atoms with E-state index in [0.717, 1.165) is 18.5 Å². The summed E-state index contributed by atoms with van der Waals surface area (Å²) >= 11 is 0. The molecule has 0 amide bonds. The Balaban J connectivity index is 1.45. The summed E-state index contributed by atoms with van der Waals surface area (Å²) in [5.41, 5.74) is 2.38. The Kier molecular flexibility index (Phi) is 7.83. The molecule has 1 aromatic heterocycles. The average Bonchev–Trinajstić information content (AvgIpc) is 3.27. The van der Waals surface area contributed by atoms with E-state index in [-0.39, 0.29) is 11.9 Å². The van der Waals surface area contributed by atoms with Crippen molar-refractivity contribution < 1.29 is 9.13 Å². The second-order valence-corrected chi connectivity index (χ2v) is 6.96. The number of imidazole rings is 1. The van der Waals surface area contributed by atoms with Crippen LogP contribution >= 0.6 is 0 Å². The number of guanidine groups is 1. The van der Waals surface area contributed by atoms with E-state index in [9.17, 15) is 4.39 Å². The van der Waals surface area contributed by atoms with Crippen LogP contribution < -0.4 is 15.4 Å². The molecule has 6 nitrogen and oxygen atoms in total. The maximum Gasteiger partial charge on any atom is 0.191 e. The van der Waals surface area contributed by atoms with Crippen molar-refractivity contribution >= 4 is 5.96 Å². The van der Waals surface area contributed by atoms with Gasteiger partial charge >= 0.3 is 0 Å². The number of nitrogens with zero attached hydrogens (tertiary/aromatic N) is 3. The molecule has 0 aliphatic heterocycles. The van der Waals surface area contributed by atoms with E-state index in [0.29, 0.717) is 24.8 Å². The van der Waals surface area contributed by atoms with Gasteiger partial charge in [-0.3, -0.25) is 4.99 Å². The van der Waals surface area contributed by atoms with Gasteiger partial charge in [-0.25, -0.2) is 9.37 Å². The molecule has 158 valence electrons. The zero-order valence-corrected chi connectivity index (χ0v) is 17.4. The first-order valence-corrected chi connectivity index (χ1v) is 10.1. The highest BCUT2D eigenvalue weighted by Crippen LogP contribution is 2.14. The van der Waals surface area contributed by atoms with E-state index in [4.69, 9.17) is 4.74 Å². The predicted octanol–water partition coefficient (Wildman–Crippen LogP) is 3.59. The number of nitrogens with one attached hydrogen (secondary N) is 2. The number of hydrogen-bond donors (Lipinski definition) is 2. The van der Waals surface area contributed by atoms with Crippen LogP contribution in [0.1, 0.15) is 24.5 Å². The van der Waals surface area contributed by atoms with Crippen molar-refractivity contribution in [3.8, 4) is 5.75 Å². The quantitative estimate of drug-likeness (QED) is 0.419. The van der Waals surface area contributed by atoms with Gasteiger partial charge < -0.3 is 19.9 Å². The van der Waals surface area contributed by atoms with E-state index >= 15 is 0 Å². The Morgan fingerprint density at radius 2 is 1.97 bits per heavy atom. The van der Waals surface area contributed by atoms with E-state index in [2.05, 4.69) is 44.9 Å². The van der Waals surface area contributed by atoms with Gasteiger partial charge in [0.2, 0.25) is 0 Å². The van der Waals surface area contributed by atoms with Crippen molar-refractivity contribution in [3.05, 3.63) is 84.2 Å². The Bertz CT molecular complexity index is 925. The SMILES string of the molecule is CCC(CNC(=NC)NCc1ccc(Cn2ccnc2)cc1)Oc1cccc(F)c1. The fourth-order valence-corrected chi connectivity index (χ4v) is 2.97. The van der Waals surface area contributed by atoms with Crippen molar-refractivity contribution in [3.63, 3.8) is 0 Å². The monoisotopic (exact) mass is 409 g/mol. The predicted molar refractivity (Wildman–Crippen MR) is 117 cm³/mol. The molecule has 0 radical (unpaired) electrons. The van der Waals surface area contributed by atoms with E-state index in [1.807, 2.05) is 24.0 Å². The average molecular weight is 410 g/mol. The van der Waals surface area contributed by atoms with Gasteiger partial charge in [-0.05, 0) is 29.7 Å². The molecule has 3 aromatic rings. The fourth-order valence-electron chi connectivity index (χ4n) is 2.97. The number of aromatic nitrogens is 2. The van der Waals surface area contributed by atoms with Crippen molar-refractivity contribution in [2.45, 2.75) is 32.5 Å². The molecule has 1 heterocycles. The Morgan fingerprint density at radius 3 is 2.63 bits per heavy atom. The first kappa shape index (κ1) is 21.4. The molecule has 0 fully saturated rings. The molecule has 2 N–H and O–H groups in total. The largest absolute Gasteiger partial charge is 0.489 e. The van der Waals surface area contributed by atoms with Gasteiger partial charge in [0.05, 0.1) is 12.9 Å². The highest BCUT2D eigenvalue weighted by molar-refractivity contribution is 5.79. The first-order chi connectivity index (χ1) is 14.7. The molecule has 2 aromatic carbocycles. The van der Waals surface area contributed by atoms with Crippen molar-refractivity contribution in [1.29, 1.82) is 0 Å². The summed E-state index contributed by atoms with van der Waals surface area (Å²) in [6.45, 7) is 4.07. The standard InChI is InChI=1S/C23H28FN5O/c1-3-21(30-22-6-4-5-20(24)13-22)15-28-23(25-2)27-14-18-7-9-19(10-8-18)16-29-12-11-26-17-29/h4-13,17,21H,3,14-16H2,1-2H3,(H2,25,27,28). The molecular weight excluding hydrogens is 381 g/mol. The Hall–Kier alpha value is -3.35. The molecule has 0 aliphatic rings.